The van der Waals surface area contributed by atoms with Gasteiger partial charge in [-0.1, -0.05) is 0 Å². The van der Waals surface area contributed by atoms with Crippen molar-refractivity contribution in [2.45, 2.75) is 39.2 Å². The van der Waals surface area contributed by atoms with Crippen LogP contribution in [0.3, 0.4) is 0 Å². The summed E-state index contributed by atoms with van der Waals surface area (Å²) >= 11 is 1.35. The number of nitrogens with zero attached hydrogens (tertiary/aromatic N) is 3. The fourth-order valence-corrected chi connectivity index (χ4v) is 3.58. The third kappa shape index (κ3) is 1.86. The summed E-state index contributed by atoms with van der Waals surface area (Å²) in [6.45, 7) is 3.88. The molecule has 0 spiro atoms. The molecule has 2 aromatic rings. The minimum Gasteiger partial charge on any atom is -0.397 e. The van der Waals surface area contributed by atoms with Gasteiger partial charge in [0.25, 0.3) is 5.91 Å². The summed E-state index contributed by atoms with van der Waals surface area (Å²) in [7, 11) is 1.86. The monoisotopic (exact) mass is 290 g/mol. The Morgan fingerprint density at radius 2 is 2.05 bits per heavy atom. The van der Waals surface area contributed by atoms with E-state index in [1.165, 1.54) is 17.8 Å². The van der Waals surface area contributed by atoms with E-state index in [9.17, 15) is 4.79 Å². The Hall–Kier alpha value is -1.69. The van der Waals surface area contributed by atoms with Crippen molar-refractivity contribution in [2.24, 2.45) is 0 Å². The predicted octanol–water partition coefficient (Wildman–Crippen LogP) is 2.51. The number of aryl methyl sites for hydroxylation is 2. The van der Waals surface area contributed by atoms with Gasteiger partial charge in [0.1, 0.15) is 9.71 Å². The van der Waals surface area contributed by atoms with E-state index in [1.807, 2.05) is 25.8 Å². The number of amides is 1. The molecule has 2 aromatic heterocycles. The highest BCUT2D eigenvalue weighted by Gasteiger charge is 2.29. The summed E-state index contributed by atoms with van der Waals surface area (Å²) in [6.07, 6.45) is 3.38. The molecule has 0 saturated heterocycles. The van der Waals surface area contributed by atoms with Gasteiger partial charge >= 0.3 is 0 Å². The van der Waals surface area contributed by atoms with Crippen molar-refractivity contribution >= 4 is 33.1 Å². The maximum atomic E-state index is 12.6. The highest BCUT2D eigenvalue weighted by molar-refractivity contribution is 7.21. The number of hydrogen-bond donors (Lipinski definition) is 1. The van der Waals surface area contributed by atoms with Gasteiger partial charge in [0.2, 0.25) is 0 Å². The van der Waals surface area contributed by atoms with Crippen LogP contribution >= 0.6 is 11.3 Å². The summed E-state index contributed by atoms with van der Waals surface area (Å²) in [4.78, 5) is 15.7. The van der Waals surface area contributed by atoms with E-state index in [-0.39, 0.29) is 5.91 Å². The van der Waals surface area contributed by atoms with Gasteiger partial charge in [-0.3, -0.25) is 4.79 Å². The fraction of sp³-hybridized carbons (Fsp3) is 0.500. The van der Waals surface area contributed by atoms with E-state index < -0.39 is 0 Å². The highest BCUT2D eigenvalue weighted by atomic mass is 32.1. The van der Waals surface area contributed by atoms with Crippen molar-refractivity contribution in [3.63, 3.8) is 0 Å². The van der Waals surface area contributed by atoms with Gasteiger partial charge in [-0.05, 0) is 38.7 Å². The molecule has 2 heterocycles. The zero-order valence-corrected chi connectivity index (χ0v) is 12.8. The summed E-state index contributed by atoms with van der Waals surface area (Å²) < 4.78 is 0. The van der Waals surface area contributed by atoms with Crippen molar-refractivity contribution in [1.82, 2.24) is 15.1 Å². The maximum absolute atomic E-state index is 12.6. The number of aromatic nitrogens is 2. The number of carbonyl (C=O) groups excluding carboxylic acids is 1. The number of nitrogen functional groups attached to an aromatic ring is 1. The molecule has 20 heavy (non-hydrogen) atoms. The van der Waals surface area contributed by atoms with Crippen molar-refractivity contribution in [2.75, 3.05) is 12.8 Å². The van der Waals surface area contributed by atoms with E-state index in [0.29, 0.717) is 16.6 Å². The van der Waals surface area contributed by atoms with Crippen molar-refractivity contribution in [1.29, 1.82) is 0 Å². The Morgan fingerprint density at radius 1 is 1.35 bits per heavy atom. The predicted molar refractivity (Wildman–Crippen MR) is 81.0 cm³/mol. The molecule has 1 amide bonds. The van der Waals surface area contributed by atoms with E-state index in [2.05, 4.69) is 10.2 Å². The zero-order chi connectivity index (χ0) is 14.4. The smallest absolute Gasteiger partial charge is 0.266 e. The second kappa shape index (κ2) is 4.70. The average Bonchev–Trinajstić information content (AvgIpc) is 2.69. The lowest BCUT2D eigenvalue weighted by Crippen LogP contribution is -2.41. The third-order valence-corrected chi connectivity index (χ3v) is 5.35. The molecule has 6 heteroatoms. The number of carbonyl (C=O) groups is 1. The molecule has 0 radical (unpaired) electrons. The Bertz CT molecular complexity index is 690. The second-order valence-electron chi connectivity index (χ2n) is 5.44. The number of fused-ring (bicyclic) bond motifs is 1. The van der Waals surface area contributed by atoms with Crippen LogP contribution in [0.2, 0.25) is 0 Å². The third-order valence-electron chi connectivity index (χ3n) is 4.27. The molecule has 1 aliphatic carbocycles. The van der Waals surface area contributed by atoms with Gasteiger partial charge in [0, 0.05) is 18.5 Å². The number of anilines is 1. The van der Waals surface area contributed by atoms with Crippen LogP contribution in [0.4, 0.5) is 5.69 Å². The lowest BCUT2D eigenvalue weighted by Gasteiger charge is -2.34. The molecule has 1 aliphatic rings. The molecule has 1 saturated carbocycles. The quantitative estimate of drug-likeness (QED) is 0.922. The number of hydrogen-bond acceptors (Lipinski definition) is 5. The topological polar surface area (TPSA) is 72.1 Å². The Labute approximate surface area is 121 Å². The average molecular weight is 290 g/mol. The van der Waals surface area contributed by atoms with E-state index in [4.69, 9.17) is 5.73 Å². The van der Waals surface area contributed by atoms with Crippen LogP contribution in [0, 0.1) is 13.8 Å². The second-order valence-corrected chi connectivity index (χ2v) is 6.44. The first kappa shape index (κ1) is 13.3. The first-order chi connectivity index (χ1) is 9.50. The Balaban J connectivity index is 2.06. The normalized spacial score (nSPS) is 15.3. The first-order valence-electron chi connectivity index (χ1n) is 6.79. The van der Waals surface area contributed by atoms with E-state index >= 15 is 0 Å². The van der Waals surface area contributed by atoms with Crippen LogP contribution in [0.25, 0.3) is 10.2 Å². The summed E-state index contributed by atoms with van der Waals surface area (Å²) in [5.41, 5.74) is 8.62. The van der Waals surface area contributed by atoms with Crippen LogP contribution < -0.4 is 5.73 Å². The molecule has 2 N–H and O–H groups in total. The lowest BCUT2D eigenvalue weighted by atomic mass is 9.92. The molecule has 5 nitrogen and oxygen atoms in total. The van der Waals surface area contributed by atoms with Crippen LogP contribution in [-0.4, -0.2) is 34.1 Å². The molecular weight excluding hydrogens is 272 g/mol. The zero-order valence-electron chi connectivity index (χ0n) is 11.9. The summed E-state index contributed by atoms with van der Waals surface area (Å²) in [5, 5.41) is 9.15. The van der Waals surface area contributed by atoms with Crippen molar-refractivity contribution in [3.05, 3.63) is 16.1 Å². The minimum atomic E-state index is 0.00672. The molecular formula is C14H18N4OS. The van der Waals surface area contributed by atoms with Gasteiger partial charge in [0.05, 0.1) is 11.4 Å². The maximum Gasteiger partial charge on any atom is 0.266 e. The molecule has 0 aromatic carbocycles. The van der Waals surface area contributed by atoms with E-state index in [0.717, 1.165) is 34.3 Å². The van der Waals surface area contributed by atoms with Crippen LogP contribution in [0.15, 0.2) is 0 Å². The molecule has 0 bridgehead atoms. The van der Waals surface area contributed by atoms with Gasteiger partial charge in [-0.25, -0.2) is 0 Å². The molecule has 3 rings (SSSR count). The molecule has 0 aliphatic heterocycles. The Kier molecular flexibility index (Phi) is 3.12. The number of rotatable bonds is 2. The molecule has 106 valence electrons. The van der Waals surface area contributed by atoms with Crippen molar-refractivity contribution in [3.8, 4) is 0 Å². The highest BCUT2D eigenvalue weighted by Crippen LogP contribution is 2.36. The number of nitrogens with two attached hydrogens (primary N) is 1. The first-order valence-corrected chi connectivity index (χ1v) is 7.61. The summed E-state index contributed by atoms with van der Waals surface area (Å²) in [5.74, 6) is 0.00672. The van der Waals surface area contributed by atoms with Crippen LogP contribution in [-0.2, 0) is 0 Å². The molecule has 0 atom stereocenters. The van der Waals surface area contributed by atoms with Gasteiger partial charge < -0.3 is 10.6 Å². The fourth-order valence-electron chi connectivity index (χ4n) is 2.50. The minimum absolute atomic E-state index is 0.00672. The van der Waals surface area contributed by atoms with Gasteiger partial charge in [-0.15, -0.1) is 16.4 Å². The SMILES string of the molecule is Cc1nnc2sc(C(=O)N(C)C3CCC3)c(N)c2c1C. The lowest BCUT2D eigenvalue weighted by molar-refractivity contribution is 0.0658. The molecule has 1 fully saturated rings. The van der Waals surface area contributed by atoms with E-state index in [1.54, 1.807) is 0 Å². The molecule has 0 unspecified atom stereocenters. The largest absolute Gasteiger partial charge is 0.397 e. The van der Waals surface area contributed by atoms with Crippen molar-refractivity contribution < 1.29 is 4.79 Å². The standard InChI is InChI=1S/C14H18N4OS/c1-7-8(2)16-17-13-10(7)11(15)12(20-13)14(19)18(3)9-5-4-6-9/h9H,4-6,15H2,1-3H3. The summed E-state index contributed by atoms with van der Waals surface area (Å²) in [6, 6.07) is 0.362. The van der Waals surface area contributed by atoms with Crippen LogP contribution in [0.1, 0.15) is 40.2 Å². The number of thiophene rings is 1. The van der Waals surface area contributed by atoms with Gasteiger partial charge in [0.15, 0.2) is 0 Å². The van der Waals surface area contributed by atoms with Crippen LogP contribution in [0.5, 0.6) is 0 Å². The van der Waals surface area contributed by atoms with Gasteiger partial charge in [-0.2, -0.15) is 5.10 Å². The Morgan fingerprint density at radius 3 is 2.65 bits per heavy atom.